The zero-order chi connectivity index (χ0) is 11.5. The van der Waals surface area contributed by atoms with Gasteiger partial charge in [0.25, 0.3) is 0 Å². The van der Waals surface area contributed by atoms with Crippen molar-refractivity contribution in [2.45, 2.75) is 38.8 Å². The smallest absolute Gasteiger partial charge is 0.307 e. The lowest BCUT2D eigenvalue weighted by atomic mass is 9.99. The van der Waals surface area contributed by atoms with Crippen LogP contribution in [-0.2, 0) is 14.3 Å². The van der Waals surface area contributed by atoms with Crippen molar-refractivity contribution in [3.05, 3.63) is 0 Å². The molecule has 1 aliphatic rings. The van der Waals surface area contributed by atoms with E-state index in [4.69, 9.17) is 4.74 Å². The third kappa shape index (κ3) is 3.51. The summed E-state index contributed by atoms with van der Waals surface area (Å²) in [4.78, 5) is 22.7. The van der Waals surface area contributed by atoms with Crippen molar-refractivity contribution in [2.24, 2.45) is 0 Å². The van der Waals surface area contributed by atoms with Crippen molar-refractivity contribution in [2.75, 3.05) is 13.2 Å². The van der Waals surface area contributed by atoms with E-state index in [0.717, 1.165) is 0 Å². The monoisotopic (exact) mass is 214 g/mol. The summed E-state index contributed by atoms with van der Waals surface area (Å²) in [6.45, 7) is 6.60. The molecule has 0 radical (unpaired) electrons. The molecule has 1 heterocycles. The molecule has 0 spiro atoms. The Hall–Kier alpha value is -1.10. The zero-order valence-electron chi connectivity index (χ0n) is 9.42. The van der Waals surface area contributed by atoms with Crippen LogP contribution in [-0.4, -0.2) is 36.6 Å². The molecule has 15 heavy (non-hydrogen) atoms. The number of ether oxygens (including phenoxy) is 1. The molecule has 1 atom stereocenters. The molecule has 0 aromatic rings. The average Bonchev–Trinajstić information content (AvgIpc) is 2.10. The largest absolute Gasteiger partial charge is 0.466 e. The number of rotatable bonds is 3. The predicted molar refractivity (Wildman–Crippen MR) is 55.3 cm³/mol. The molecule has 5 heteroatoms. The minimum absolute atomic E-state index is 0.0930. The lowest BCUT2D eigenvalue weighted by Gasteiger charge is -2.35. The minimum atomic E-state index is -0.461. The fourth-order valence-corrected chi connectivity index (χ4v) is 1.49. The minimum Gasteiger partial charge on any atom is -0.466 e. The Bertz CT molecular complexity index is 263. The van der Waals surface area contributed by atoms with Crippen molar-refractivity contribution >= 4 is 11.9 Å². The molecular formula is C10H18N2O3. The second-order valence-corrected chi connectivity index (χ2v) is 4.32. The molecule has 0 aromatic heterocycles. The van der Waals surface area contributed by atoms with Gasteiger partial charge in [-0.2, -0.15) is 0 Å². The van der Waals surface area contributed by atoms with Gasteiger partial charge < -0.3 is 15.4 Å². The summed E-state index contributed by atoms with van der Waals surface area (Å²) in [6.07, 6.45) is 0.0930. The molecule has 1 aliphatic heterocycles. The van der Waals surface area contributed by atoms with Gasteiger partial charge in [0, 0.05) is 12.1 Å². The Kier molecular flexibility index (Phi) is 3.68. The van der Waals surface area contributed by atoms with Gasteiger partial charge in [-0.1, -0.05) is 0 Å². The fourth-order valence-electron chi connectivity index (χ4n) is 1.49. The zero-order valence-corrected chi connectivity index (χ0v) is 9.42. The first-order valence-corrected chi connectivity index (χ1v) is 5.15. The lowest BCUT2D eigenvalue weighted by Crippen LogP contribution is -2.63. The Labute approximate surface area is 89.6 Å². The first-order valence-electron chi connectivity index (χ1n) is 5.15. The number of esters is 1. The highest BCUT2D eigenvalue weighted by Crippen LogP contribution is 2.09. The first kappa shape index (κ1) is 12.0. The lowest BCUT2D eigenvalue weighted by molar-refractivity contribution is -0.146. The summed E-state index contributed by atoms with van der Waals surface area (Å²) in [5, 5.41) is 5.88. The Balaban J connectivity index is 2.45. The number of carbonyl (C=O) groups is 2. The summed E-state index contributed by atoms with van der Waals surface area (Å²) in [6, 6.07) is -0.461. The normalized spacial score (nSPS) is 24.5. The van der Waals surface area contributed by atoms with Crippen LogP contribution in [0.25, 0.3) is 0 Å². The molecule has 0 saturated carbocycles. The number of amides is 1. The van der Waals surface area contributed by atoms with Gasteiger partial charge in [-0.05, 0) is 20.8 Å². The second-order valence-electron chi connectivity index (χ2n) is 4.32. The summed E-state index contributed by atoms with van der Waals surface area (Å²) >= 11 is 0. The molecule has 1 fully saturated rings. The van der Waals surface area contributed by atoms with Crippen LogP contribution in [0.2, 0.25) is 0 Å². The van der Waals surface area contributed by atoms with Gasteiger partial charge in [0.2, 0.25) is 5.91 Å². The maximum absolute atomic E-state index is 11.6. The number of carbonyl (C=O) groups excluding carboxylic acids is 2. The molecule has 1 saturated heterocycles. The SMILES string of the molecule is CCOC(=O)C[C@H]1NCC(C)(C)NC1=O. The van der Waals surface area contributed by atoms with Gasteiger partial charge in [-0.15, -0.1) is 0 Å². The van der Waals surface area contributed by atoms with E-state index in [9.17, 15) is 9.59 Å². The molecule has 1 amide bonds. The maximum Gasteiger partial charge on any atom is 0.307 e. The third-order valence-electron chi connectivity index (χ3n) is 2.24. The van der Waals surface area contributed by atoms with Crippen LogP contribution >= 0.6 is 0 Å². The van der Waals surface area contributed by atoms with E-state index in [2.05, 4.69) is 10.6 Å². The second kappa shape index (κ2) is 4.61. The van der Waals surface area contributed by atoms with Crippen LogP contribution in [0.3, 0.4) is 0 Å². The van der Waals surface area contributed by atoms with E-state index in [1.54, 1.807) is 6.92 Å². The van der Waals surface area contributed by atoms with Crippen LogP contribution in [0.5, 0.6) is 0 Å². The molecule has 5 nitrogen and oxygen atoms in total. The van der Waals surface area contributed by atoms with Gasteiger partial charge in [0.05, 0.1) is 19.1 Å². The summed E-state index contributed by atoms with van der Waals surface area (Å²) in [5.74, 6) is -0.482. The number of nitrogens with one attached hydrogen (secondary N) is 2. The third-order valence-corrected chi connectivity index (χ3v) is 2.24. The molecule has 2 N–H and O–H groups in total. The standard InChI is InChI=1S/C10H18N2O3/c1-4-15-8(13)5-7-9(14)12-10(2,3)6-11-7/h7,11H,4-6H2,1-3H3,(H,12,14)/t7-/m1/s1. The van der Waals surface area contributed by atoms with E-state index in [0.29, 0.717) is 13.2 Å². The highest BCUT2D eigenvalue weighted by Gasteiger charge is 2.33. The van der Waals surface area contributed by atoms with E-state index in [-0.39, 0.29) is 23.8 Å². The van der Waals surface area contributed by atoms with Crippen LogP contribution in [0.15, 0.2) is 0 Å². The molecule has 0 aromatic carbocycles. The number of piperazine rings is 1. The maximum atomic E-state index is 11.6. The van der Waals surface area contributed by atoms with Crippen LogP contribution in [0.4, 0.5) is 0 Å². The fraction of sp³-hybridized carbons (Fsp3) is 0.800. The van der Waals surface area contributed by atoms with E-state index in [1.807, 2.05) is 13.8 Å². The average molecular weight is 214 g/mol. The quantitative estimate of drug-likeness (QED) is 0.639. The van der Waals surface area contributed by atoms with E-state index < -0.39 is 6.04 Å². The van der Waals surface area contributed by atoms with Gasteiger partial charge in [0.1, 0.15) is 0 Å². The van der Waals surface area contributed by atoms with Gasteiger partial charge in [0.15, 0.2) is 0 Å². The van der Waals surface area contributed by atoms with Crippen LogP contribution in [0.1, 0.15) is 27.2 Å². The van der Waals surface area contributed by atoms with Crippen molar-refractivity contribution in [3.63, 3.8) is 0 Å². The summed E-state index contributed by atoms with van der Waals surface area (Å²) < 4.78 is 4.79. The predicted octanol–water partition coefficient (Wildman–Crippen LogP) is -0.194. The highest BCUT2D eigenvalue weighted by atomic mass is 16.5. The van der Waals surface area contributed by atoms with Crippen LogP contribution in [0, 0.1) is 0 Å². The topological polar surface area (TPSA) is 67.4 Å². The van der Waals surface area contributed by atoms with Crippen LogP contribution < -0.4 is 10.6 Å². The van der Waals surface area contributed by atoms with Crippen molar-refractivity contribution in [3.8, 4) is 0 Å². The summed E-state index contributed by atoms with van der Waals surface area (Å²) in [7, 11) is 0. The molecular weight excluding hydrogens is 196 g/mol. The Morgan fingerprint density at radius 3 is 2.80 bits per heavy atom. The Morgan fingerprint density at radius 2 is 2.27 bits per heavy atom. The Morgan fingerprint density at radius 1 is 1.60 bits per heavy atom. The number of hydrogen-bond acceptors (Lipinski definition) is 4. The van der Waals surface area contributed by atoms with Crippen molar-refractivity contribution in [1.29, 1.82) is 0 Å². The van der Waals surface area contributed by atoms with E-state index >= 15 is 0 Å². The molecule has 1 rings (SSSR count). The highest BCUT2D eigenvalue weighted by molar-refractivity contribution is 5.87. The molecule has 86 valence electrons. The van der Waals surface area contributed by atoms with Crippen molar-refractivity contribution < 1.29 is 14.3 Å². The molecule has 0 unspecified atom stereocenters. The van der Waals surface area contributed by atoms with E-state index in [1.165, 1.54) is 0 Å². The van der Waals surface area contributed by atoms with Gasteiger partial charge >= 0.3 is 5.97 Å². The number of hydrogen-bond donors (Lipinski definition) is 2. The first-order chi connectivity index (χ1) is 6.94. The van der Waals surface area contributed by atoms with Gasteiger partial charge in [-0.3, -0.25) is 9.59 Å². The van der Waals surface area contributed by atoms with Gasteiger partial charge in [-0.25, -0.2) is 0 Å². The molecule has 0 bridgehead atoms. The summed E-state index contributed by atoms with van der Waals surface area (Å²) in [5.41, 5.74) is -0.248. The molecule has 0 aliphatic carbocycles. The van der Waals surface area contributed by atoms with Crippen molar-refractivity contribution in [1.82, 2.24) is 10.6 Å².